The minimum atomic E-state index is -0.553. The maximum absolute atomic E-state index is 12.5. The van der Waals surface area contributed by atoms with Gasteiger partial charge in [0, 0.05) is 18.9 Å². The summed E-state index contributed by atoms with van der Waals surface area (Å²) in [6.07, 6.45) is 8.78. The van der Waals surface area contributed by atoms with E-state index in [-0.39, 0.29) is 5.91 Å². The van der Waals surface area contributed by atoms with Crippen molar-refractivity contribution in [2.75, 3.05) is 12.0 Å². The van der Waals surface area contributed by atoms with E-state index in [9.17, 15) is 9.59 Å². The van der Waals surface area contributed by atoms with Crippen molar-refractivity contribution in [2.45, 2.75) is 32.6 Å². The lowest BCUT2D eigenvalue weighted by Gasteiger charge is -2.37. The van der Waals surface area contributed by atoms with Crippen LogP contribution in [0.5, 0.6) is 0 Å². The van der Waals surface area contributed by atoms with Gasteiger partial charge < -0.3 is 5.32 Å². The molecule has 114 valence electrons. The van der Waals surface area contributed by atoms with Gasteiger partial charge in [0.1, 0.15) is 0 Å². The number of carbonyl (C=O) groups excluding carboxylic acids is 2. The second kappa shape index (κ2) is 7.01. The minimum Gasteiger partial charge on any atom is -0.358 e. The van der Waals surface area contributed by atoms with Gasteiger partial charge in [0.2, 0.25) is 12.3 Å². The van der Waals surface area contributed by atoms with Crippen molar-refractivity contribution >= 4 is 18.1 Å². The third-order valence-electron chi connectivity index (χ3n) is 4.10. The Morgan fingerprint density at radius 1 is 1.43 bits per heavy atom. The Balaban J connectivity index is 1.99. The molecule has 0 aliphatic heterocycles. The van der Waals surface area contributed by atoms with Gasteiger partial charge in [0.15, 0.2) is 5.82 Å². The molecule has 0 bridgehead atoms. The maximum Gasteiger partial charge on any atom is 0.246 e. The van der Waals surface area contributed by atoms with Crippen LogP contribution in [0.1, 0.15) is 32.6 Å². The van der Waals surface area contributed by atoms with E-state index in [1.165, 1.54) is 6.20 Å². The average Bonchev–Trinajstić information content (AvgIpc) is 2.53. The largest absolute Gasteiger partial charge is 0.358 e. The molecule has 1 fully saturated rings. The Kier molecular flexibility index (Phi) is 5.08. The molecule has 1 aromatic heterocycles. The summed E-state index contributed by atoms with van der Waals surface area (Å²) < 4.78 is 0. The summed E-state index contributed by atoms with van der Waals surface area (Å²) in [5.41, 5.74) is 4.90. The van der Waals surface area contributed by atoms with Crippen molar-refractivity contribution in [1.29, 1.82) is 0 Å². The van der Waals surface area contributed by atoms with E-state index in [1.54, 1.807) is 12.4 Å². The lowest BCUT2D eigenvalue weighted by Crippen LogP contribution is -2.50. The number of anilines is 1. The van der Waals surface area contributed by atoms with E-state index < -0.39 is 5.41 Å². The van der Waals surface area contributed by atoms with Gasteiger partial charge in [-0.25, -0.2) is 4.98 Å². The number of amides is 2. The molecule has 1 aliphatic carbocycles. The van der Waals surface area contributed by atoms with Crippen LogP contribution in [0.2, 0.25) is 0 Å². The summed E-state index contributed by atoms with van der Waals surface area (Å²) in [5, 5.41) is 2.66. The maximum atomic E-state index is 12.5. The van der Waals surface area contributed by atoms with Crippen molar-refractivity contribution in [3.63, 3.8) is 0 Å². The lowest BCUT2D eigenvalue weighted by atomic mass is 9.70. The number of aromatic nitrogens is 2. The van der Waals surface area contributed by atoms with E-state index in [0.29, 0.717) is 24.7 Å². The molecule has 0 radical (unpaired) electrons. The highest BCUT2D eigenvalue weighted by molar-refractivity contribution is 5.84. The SMILES string of the molecule is CC1CCC(CNC=O)(C(=O)NNc2cnccn2)CC1. The van der Waals surface area contributed by atoms with Crippen LogP contribution in [0, 0.1) is 11.3 Å². The fraction of sp³-hybridized carbons (Fsp3) is 0.571. The van der Waals surface area contributed by atoms with Crippen molar-refractivity contribution < 1.29 is 9.59 Å². The van der Waals surface area contributed by atoms with Crippen molar-refractivity contribution in [3.8, 4) is 0 Å². The van der Waals surface area contributed by atoms with Crippen LogP contribution in [0.25, 0.3) is 0 Å². The fourth-order valence-electron chi connectivity index (χ4n) is 2.65. The zero-order valence-electron chi connectivity index (χ0n) is 12.1. The lowest BCUT2D eigenvalue weighted by molar-refractivity contribution is -0.133. The van der Waals surface area contributed by atoms with Crippen LogP contribution in [-0.4, -0.2) is 28.8 Å². The highest BCUT2D eigenvalue weighted by Gasteiger charge is 2.40. The normalized spacial score (nSPS) is 24.9. The monoisotopic (exact) mass is 291 g/mol. The number of hydrogen-bond donors (Lipinski definition) is 3. The molecule has 1 aliphatic rings. The molecular formula is C14H21N5O2. The molecular weight excluding hydrogens is 270 g/mol. The van der Waals surface area contributed by atoms with Gasteiger partial charge in [0.05, 0.1) is 11.6 Å². The minimum absolute atomic E-state index is 0.116. The molecule has 2 rings (SSSR count). The first-order chi connectivity index (χ1) is 10.2. The molecule has 2 amide bonds. The molecule has 7 nitrogen and oxygen atoms in total. The van der Waals surface area contributed by atoms with Crippen LogP contribution >= 0.6 is 0 Å². The topological polar surface area (TPSA) is 96.0 Å². The van der Waals surface area contributed by atoms with Crippen LogP contribution in [0.3, 0.4) is 0 Å². The number of rotatable bonds is 6. The van der Waals surface area contributed by atoms with E-state index in [4.69, 9.17) is 0 Å². The molecule has 7 heteroatoms. The third-order valence-corrected chi connectivity index (χ3v) is 4.10. The summed E-state index contributed by atoms with van der Waals surface area (Å²) in [4.78, 5) is 31.1. The zero-order valence-corrected chi connectivity index (χ0v) is 12.1. The molecule has 21 heavy (non-hydrogen) atoms. The Hall–Kier alpha value is -2.18. The van der Waals surface area contributed by atoms with Crippen LogP contribution in [0.4, 0.5) is 5.82 Å². The second-order valence-corrected chi connectivity index (χ2v) is 5.63. The van der Waals surface area contributed by atoms with E-state index in [0.717, 1.165) is 25.7 Å². The van der Waals surface area contributed by atoms with Gasteiger partial charge >= 0.3 is 0 Å². The quantitative estimate of drug-likeness (QED) is 0.534. The van der Waals surface area contributed by atoms with Gasteiger partial charge in [-0.2, -0.15) is 0 Å². The van der Waals surface area contributed by atoms with Crippen molar-refractivity contribution in [3.05, 3.63) is 18.6 Å². The molecule has 0 unspecified atom stereocenters. The van der Waals surface area contributed by atoms with Crippen molar-refractivity contribution in [1.82, 2.24) is 20.7 Å². The summed E-state index contributed by atoms with van der Waals surface area (Å²) in [6, 6.07) is 0. The molecule has 1 heterocycles. The Labute approximate surface area is 123 Å². The van der Waals surface area contributed by atoms with Gasteiger partial charge in [0.25, 0.3) is 0 Å². The van der Waals surface area contributed by atoms with E-state index >= 15 is 0 Å². The Bertz CT molecular complexity index is 472. The molecule has 1 saturated carbocycles. The van der Waals surface area contributed by atoms with Gasteiger partial charge in [-0.15, -0.1) is 0 Å². The van der Waals surface area contributed by atoms with Crippen LogP contribution < -0.4 is 16.2 Å². The Morgan fingerprint density at radius 2 is 2.19 bits per heavy atom. The zero-order chi connectivity index (χ0) is 15.1. The summed E-state index contributed by atoms with van der Waals surface area (Å²) in [5.74, 6) is 0.984. The summed E-state index contributed by atoms with van der Waals surface area (Å²) in [7, 11) is 0. The fourth-order valence-corrected chi connectivity index (χ4v) is 2.65. The molecule has 0 atom stereocenters. The smallest absolute Gasteiger partial charge is 0.246 e. The third kappa shape index (κ3) is 3.90. The van der Waals surface area contributed by atoms with Crippen molar-refractivity contribution in [2.24, 2.45) is 11.3 Å². The number of nitrogens with one attached hydrogen (secondary N) is 3. The number of nitrogens with zero attached hydrogens (tertiary/aromatic N) is 2. The summed E-state index contributed by atoms with van der Waals surface area (Å²) >= 11 is 0. The standard InChI is InChI=1S/C14H21N5O2/c1-11-2-4-14(5-3-11,9-16-10-20)13(21)19-18-12-8-15-6-7-17-12/h6-8,10-11H,2-5,9H2,1H3,(H,16,20)(H,17,18)(H,19,21). The molecule has 1 aromatic rings. The van der Waals surface area contributed by atoms with Crippen LogP contribution in [0.15, 0.2) is 18.6 Å². The molecule has 0 saturated heterocycles. The van der Waals surface area contributed by atoms with Gasteiger partial charge in [-0.1, -0.05) is 6.92 Å². The predicted octanol–water partition coefficient (Wildman–Crippen LogP) is 0.862. The first-order valence-corrected chi connectivity index (χ1v) is 7.16. The van der Waals surface area contributed by atoms with E-state index in [2.05, 4.69) is 33.1 Å². The number of hydrazine groups is 1. The van der Waals surface area contributed by atoms with Gasteiger partial charge in [-0.05, 0) is 31.6 Å². The molecule has 3 N–H and O–H groups in total. The first-order valence-electron chi connectivity index (χ1n) is 7.16. The molecule has 0 aromatic carbocycles. The first kappa shape index (κ1) is 15.2. The number of carbonyl (C=O) groups is 2. The summed E-state index contributed by atoms with van der Waals surface area (Å²) in [6.45, 7) is 2.55. The average molecular weight is 291 g/mol. The van der Waals surface area contributed by atoms with Crippen LogP contribution in [-0.2, 0) is 9.59 Å². The highest BCUT2D eigenvalue weighted by atomic mass is 16.2. The van der Waals surface area contributed by atoms with Gasteiger partial charge in [-0.3, -0.25) is 25.4 Å². The highest BCUT2D eigenvalue weighted by Crippen LogP contribution is 2.38. The number of hydrogen-bond acceptors (Lipinski definition) is 5. The second-order valence-electron chi connectivity index (χ2n) is 5.63. The van der Waals surface area contributed by atoms with E-state index in [1.807, 2.05) is 0 Å². The molecule has 0 spiro atoms. The predicted molar refractivity (Wildman–Crippen MR) is 77.9 cm³/mol. The Morgan fingerprint density at radius 3 is 2.81 bits per heavy atom.